The topological polar surface area (TPSA) is 38.3 Å². The average molecular weight is 307 g/mol. The first-order valence-electron chi connectivity index (χ1n) is 7.67. The molecule has 1 aliphatic rings. The molecule has 1 aromatic carbocycles. The second-order valence-corrected chi connectivity index (χ2v) is 7.27. The first kappa shape index (κ1) is 16.2. The van der Waals surface area contributed by atoms with Crippen LogP contribution in [0.1, 0.15) is 37.3 Å². The van der Waals surface area contributed by atoms with Gasteiger partial charge in [-0.15, -0.1) is 11.8 Å². The van der Waals surface area contributed by atoms with Gasteiger partial charge in [0.1, 0.15) is 5.75 Å². The average Bonchev–Trinajstić information content (AvgIpc) is 3.20. The monoisotopic (exact) mass is 307 g/mol. The van der Waals surface area contributed by atoms with Crippen LogP contribution in [-0.4, -0.2) is 29.6 Å². The molecule has 0 radical (unpaired) electrons. The Morgan fingerprint density at radius 3 is 2.62 bits per heavy atom. The molecular weight excluding hydrogens is 282 g/mol. The van der Waals surface area contributed by atoms with Crippen molar-refractivity contribution in [3.8, 4) is 5.75 Å². The molecule has 0 heterocycles. The van der Waals surface area contributed by atoms with Gasteiger partial charge in [0.15, 0.2) is 0 Å². The second kappa shape index (κ2) is 7.74. The zero-order valence-electron chi connectivity index (χ0n) is 13.1. The van der Waals surface area contributed by atoms with Crippen molar-refractivity contribution >= 4 is 17.7 Å². The number of hydrogen-bond acceptors (Lipinski definition) is 3. The van der Waals surface area contributed by atoms with Crippen LogP contribution in [0.25, 0.3) is 0 Å². The number of benzene rings is 1. The summed E-state index contributed by atoms with van der Waals surface area (Å²) in [6, 6.07) is 6.72. The minimum absolute atomic E-state index is 0.0341. The highest BCUT2D eigenvalue weighted by Crippen LogP contribution is 2.21. The van der Waals surface area contributed by atoms with Crippen LogP contribution in [0, 0.1) is 13.8 Å². The number of aryl methyl sites for hydroxylation is 2. The molecule has 1 atom stereocenters. The minimum atomic E-state index is 0.0341. The molecule has 0 aliphatic heterocycles. The Labute approximate surface area is 131 Å². The molecule has 1 aliphatic carbocycles. The van der Waals surface area contributed by atoms with Gasteiger partial charge in [0.05, 0.1) is 11.9 Å². The largest absolute Gasteiger partial charge is 0.494 e. The fraction of sp³-hybridized carbons (Fsp3) is 0.588. The van der Waals surface area contributed by atoms with E-state index in [-0.39, 0.29) is 11.2 Å². The summed E-state index contributed by atoms with van der Waals surface area (Å²) in [6.07, 6.45) is 3.25. The van der Waals surface area contributed by atoms with E-state index in [2.05, 4.69) is 37.4 Å². The molecule has 4 heteroatoms. The Hall–Kier alpha value is -1.16. The van der Waals surface area contributed by atoms with E-state index in [4.69, 9.17) is 4.74 Å². The molecule has 0 aromatic heterocycles. The molecular formula is C17H25NO2S. The lowest BCUT2D eigenvalue weighted by Crippen LogP contribution is -2.32. The van der Waals surface area contributed by atoms with Crippen molar-refractivity contribution in [2.45, 2.75) is 51.3 Å². The fourth-order valence-corrected chi connectivity index (χ4v) is 3.00. The van der Waals surface area contributed by atoms with Crippen LogP contribution >= 0.6 is 11.8 Å². The number of carbonyl (C=O) groups excluding carboxylic acids is 1. The zero-order valence-corrected chi connectivity index (χ0v) is 14.0. The number of hydrogen-bond donors (Lipinski definition) is 1. The molecule has 1 saturated carbocycles. The number of rotatable bonds is 8. The highest BCUT2D eigenvalue weighted by Gasteiger charge is 2.25. The van der Waals surface area contributed by atoms with Gasteiger partial charge in [-0.2, -0.15) is 0 Å². The molecule has 1 amide bonds. The van der Waals surface area contributed by atoms with Crippen molar-refractivity contribution < 1.29 is 9.53 Å². The molecule has 0 saturated heterocycles. The van der Waals surface area contributed by atoms with Gasteiger partial charge in [0.2, 0.25) is 5.91 Å². The zero-order chi connectivity index (χ0) is 15.2. The van der Waals surface area contributed by atoms with E-state index in [1.807, 2.05) is 6.92 Å². The lowest BCUT2D eigenvalue weighted by molar-refractivity contribution is -0.120. The standard InChI is InChI=1S/C17H25NO2S/c1-12-9-13(2)11-16(10-12)20-7-4-8-21-14(3)17(19)18-15-5-6-15/h9-11,14-15H,4-8H2,1-3H3,(H,18,19). The van der Waals surface area contributed by atoms with E-state index in [9.17, 15) is 4.79 Å². The molecule has 1 N–H and O–H groups in total. The van der Waals surface area contributed by atoms with Gasteiger partial charge < -0.3 is 10.1 Å². The van der Waals surface area contributed by atoms with Crippen LogP contribution in [0.5, 0.6) is 5.75 Å². The van der Waals surface area contributed by atoms with Gasteiger partial charge in [-0.3, -0.25) is 4.79 Å². The summed E-state index contributed by atoms with van der Waals surface area (Å²) in [5, 5.41) is 3.08. The van der Waals surface area contributed by atoms with Crippen LogP contribution < -0.4 is 10.1 Å². The summed E-state index contributed by atoms with van der Waals surface area (Å²) in [4.78, 5) is 11.8. The van der Waals surface area contributed by atoms with E-state index < -0.39 is 0 Å². The van der Waals surface area contributed by atoms with E-state index >= 15 is 0 Å². The normalized spacial score (nSPS) is 15.6. The number of ether oxygens (including phenoxy) is 1. The maximum Gasteiger partial charge on any atom is 0.233 e. The quantitative estimate of drug-likeness (QED) is 0.747. The smallest absolute Gasteiger partial charge is 0.233 e. The summed E-state index contributed by atoms with van der Waals surface area (Å²) in [5.41, 5.74) is 2.45. The van der Waals surface area contributed by atoms with E-state index in [0.29, 0.717) is 12.6 Å². The lowest BCUT2D eigenvalue weighted by Gasteiger charge is -2.12. The van der Waals surface area contributed by atoms with E-state index in [0.717, 1.165) is 30.8 Å². The van der Waals surface area contributed by atoms with Crippen molar-refractivity contribution in [3.05, 3.63) is 29.3 Å². The van der Waals surface area contributed by atoms with Crippen molar-refractivity contribution in [2.75, 3.05) is 12.4 Å². The van der Waals surface area contributed by atoms with Crippen LogP contribution in [0.3, 0.4) is 0 Å². The maximum absolute atomic E-state index is 11.8. The third-order valence-electron chi connectivity index (χ3n) is 3.41. The summed E-state index contributed by atoms with van der Waals surface area (Å²) >= 11 is 1.70. The molecule has 116 valence electrons. The number of amides is 1. The van der Waals surface area contributed by atoms with Gasteiger partial charge in [0, 0.05) is 6.04 Å². The van der Waals surface area contributed by atoms with Crippen molar-refractivity contribution in [1.29, 1.82) is 0 Å². The Morgan fingerprint density at radius 1 is 1.33 bits per heavy atom. The SMILES string of the molecule is Cc1cc(C)cc(OCCCSC(C)C(=O)NC2CC2)c1. The summed E-state index contributed by atoms with van der Waals surface area (Å²) in [7, 11) is 0. The van der Waals surface area contributed by atoms with Crippen LogP contribution in [-0.2, 0) is 4.79 Å². The van der Waals surface area contributed by atoms with Gasteiger partial charge in [0.25, 0.3) is 0 Å². The molecule has 3 nitrogen and oxygen atoms in total. The number of nitrogens with one attached hydrogen (secondary N) is 1. The Balaban J connectivity index is 1.59. The number of thioether (sulfide) groups is 1. The molecule has 1 unspecified atom stereocenters. The molecule has 0 spiro atoms. The first-order chi connectivity index (χ1) is 10.0. The summed E-state index contributed by atoms with van der Waals surface area (Å²) in [6.45, 7) is 6.84. The molecule has 1 aromatic rings. The predicted octanol–water partition coefficient (Wildman–Crippen LogP) is 3.47. The fourth-order valence-electron chi connectivity index (χ4n) is 2.15. The second-order valence-electron chi connectivity index (χ2n) is 5.82. The van der Waals surface area contributed by atoms with Crippen molar-refractivity contribution in [1.82, 2.24) is 5.32 Å². The predicted molar refractivity (Wildman–Crippen MR) is 89.1 cm³/mol. The third-order valence-corrected chi connectivity index (χ3v) is 4.65. The molecule has 2 rings (SSSR count). The Bertz CT molecular complexity index is 465. The van der Waals surface area contributed by atoms with Crippen LogP contribution in [0.15, 0.2) is 18.2 Å². The van der Waals surface area contributed by atoms with E-state index in [1.54, 1.807) is 11.8 Å². The van der Waals surface area contributed by atoms with Gasteiger partial charge in [-0.1, -0.05) is 6.07 Å². The molecule has 21 heavy (non-hydrogen) atoms. The van der Waals surface area contributed by atoms with Gasteiger partial charge >= 0.3 is 0 Å². The maximum atomic E-state index is 11.8. The van der Waals surface area contributed by atoms with Crippen molar-refractivity contribution in [2.24, 2.45) is 0 Å². The Morgan fingerprint density at radius 2 is 2.00 bits per heavy atom. The van der Waals surface area contributed by atoms with Crippen LogP contribution in [0.4, 0.5) is 0 Å². The number of carbonyl (C=O) groups is 1. The summed E-state index contributed by atoms with van der Waals surface area (Å²) in [5.74, 6) is 2.07. The first-order valence-corrected chi connectivity index (χ1v) is 8.72. The third kappa shape index (κ3) is 6.00. The minimum Gasteiger partial charge on any atom is -0.494 e. The molecule has 0 bridgehead atoms. The van der Waals surface area contributed by atoms with Gasteiger partial charge in [-0.25, -0.2) is 0 Å². The highest BCUT2D eigenvalue weighted by molar-refractivity contribution is 8.00. The molecule has 1 fully saturated rings. The lowest BCUT2D eigenvalue weighted by atomic mass is 10.1. The summed E-state index contributed by atoms with van der Waals surface area (Å²) < 4.78 is 5.77. The van der Waals surface area contributed by atoms with Crippen LogP contribution in [0.2, 0.25) is 0 Å². The highest BCUT2D eigenvalue weighted by atomic mass is 32.2. The van der Waals surface area contributed by atoms with Crippen molar-refractivity contribution in [3.63, 3.8) is 0 Å². The Kier molecular flexibility index (Phi) is 5.97. The van der Waals surface area contributed by atoms with E-state index in [1.165, 1.54) is 11.1 Å². The van der Waals surface area contributed by atoms with Gasteiger partial charge in [-0.05, 0) is 69.0 Å².